The van der Waals surface area contributed by atoms with Gasteiger partial charge in [0.15, 0.2) is 0 Å². The average molecular weight is 314 g/mol. The fourth-order valence-corrected chi connectivity index (χ4v) is 2.33. The fraction of sp³-hybridized carbons (Fsp3) is 0. The molecule has 0 saturated heterocycles. The lowest BCUT2D eigenvalue weighted by Crippen LogP contribution is -1.99. The molecule has 0 saturated carbocycles. The highest BCUT2D eigenvalue weighted by atomic mass is 127. The molecule has 76 valence electrons. The highest BCUT2D eigenvalue weighted by Crippen LogP contribution is 2.30. The van der Waals surface area contributed by atoms with Gasteiger partial charge in [0.05, 0.1) is 0 Å². The zero-order chi connectivity index (χ0) is 11.0. The van der Waals surface area contributed by atoms with E-state index in [1.54, 1.807) is 6.07 Å². The first-order chi connectivity index (χ1) is 7.11. The summed E-state index contributed by atoms with van der Waals surface area (Å²) >= 11 is 2.06. The minimum Gasteiger partial charge on any atom is -0.507 e. The average Bonchev–Trinajstić information content (AvgIpc) is 2.18. The number of phenols is 1. The van der Waals surface area contributed by atoms with E-state index >= 15 is 0 Å². The normalized spacial score (nSPS) is 10.5. The number of aromatic hydroxyl groups is 1. The first-order valence-electron chi connectivity index (χ1n) is 4.25. The van der Waals surface area contributed by atoms with E-state index in [1.165, 1.54) is 6.07 Å². The van der Waals surface area contributed by atoms with Crippen LogP contribution in [0.5, 0.6) is 5.75 Å². The molecule has 2 N–H and O–H groups in total. The molecule has 0 amide bonds. The SMILES string of the molecule is O=C(O)c1c(O)ccc2cccc(I)c12. The van der Waals surface area contributed by atoms with Crippen LogP contribution in [0.25, 0.3) is 10.8 Å². The van der Waals surface area contributed by atoms with E-state index in [0.29, 0.717) is 5.39 Å². The van der Waals surface area contributed by atoms with Gasteiger partial charge in [-0.05, 0) is 40.1 Å². The number of fused-ring (bicyclic) bond motifs is 1. The first kappa shape index (κ1) is 10.2. The van der Waals surface area contributed by atoms with Gasteiger partial charge in [0.2, 0.25) is 0 Å². The lowest BCUT2D eigenvalue weighted by molar-refractivity contribution is 0.0696. The molecule has 0 aromatic heterocycles. The van der Waals surface area contributed by atoms with Crippen LogP contribution in [0.1, 0.15) is 10.4 Å². The zero-order valence-corrected chi connectivity index (χ0v) is 9.72. The number of carboxylic acid groups (broad SMARTS) is 1. The summed E-state index contributed by atoms with van der Waals surface area (Å²) in [6.07, 6.45) is 0. The van der Waals surface area contributed by atoms with Gasteiger partial charge >= 0.3 is 5.97 Å². The summed E-state index contributed by atoms with van der Waals surface area (Å²) in [5.41, 5.74) is -0.0301. The molecule has 0 fully saturated rings. The summed E-state index contributed by atoms with van der Waals surface area (Å²) in [6, 6.07) is 8.60. The Balaban J connectivity index is 2.97. The van der Waals surface area contributed by atoms with Gasteiger partial charge in [0.25, 0.3) is 0 Å². The second-order valence-corrected chi connectivity index (χ2v) is 4.26. The van der Waals surface area contributed by atoms with E-state index in [2.05, 4.69) is 22.6 Å². The molecule has 0 radical (unpaired) electrons. The highest BCUT2D eigenvalue weighted by Gasteiger charge is 2.15. The van der Waals surface area contributed by atoms with Crippen LogP contribution >= 0.6 is 22.6 Å². The van der Waals surface area contributed by atoms with Crippen molar-refractivity contribution < 1.29 is 15.0 Å². The van der Waals surface area contributed by atoms with Gasteiger partial charge < -0.3 is 10.2 Å². The molecule has 2 aromatic carbocycles. The predicted molar refractivity (Wildman–Crippen MR) is 65.3 cm³/mol. The molecular weight excluding hydrogens is 307 g/mol. The molecule has 0 aliphatic rings. The second kappa shape index (κ2) is 3.69. The summed E-state index contributed by atoms with van der Waals surface area (Å²) in [7, 11) is 0. The predicted octanol–water partition coefficient (Wildman–Crippen LogP) is 2.85. The Bertz CT molecular complexity index is 549. The lowest BCUT2D eigenvalue weighted by Gasteiger charge is -2.06. The molecule has 15 heavy (non-hydrogen) atoms. The minimum atomic E-state index is -1.11. The molecule has 0 aliphatic heterocycles. The maximum Gasteiger partial charge on any atom is 0.340 e. The van der Waals surface area contributed by atoms with Crippen molar-refractivity contribution in [3.05, 3.63) is 39.5 Å². The zero-order valence-electron chi connectivity index (χ0n) is 7.57. The van der Waals surface area contributed by atoms with Crippen LogP contribution < -0.4 is 0 Å². The van der Waals surface area contributed by atoms with Crippen LogP contribution in [-0.4, -0.2) is 16.2 Å². The van der Waals surface area contributed by atoms with E-state index in [-0.39, 0.29) is 11.3 Å². The van der Waals surface area contributed by atoms with Crippen LogP contribution in [0.2, 0.25) is 0 Å². The molecule has 0 unspecified atom stereocenters. The number of carbonyl (C=O) groups is 1. The molecular formula is C11H7IO3. The molecule has 0 spiro atoms. The van der Waals surface area contributed by atoms with Crippen molar-refractivity contribution >= 4 is 39.3 Å². The van der Waals surface area contributed by atoms with E-state index in [4.69, 9.17) is 5.11 Å². The number of hydrogen-bond donors (Lipinski definition) is 2. The maximum absolute atomic E-state index is 11.0. The molecule has 2 aromatic rings. The number of hydrogen-bond acceptors (Lipinski definition) is 2. The summed E-state index contributed by atoms with van der Waals surface area (Å²) in [5.74, 6) is -1.30. The molecule has 0 atom stereocenters. The number of rotatable bonds is 1. The summed E-state index contributed by atoms with van der Waals surface area (Å²) in [4.78, 5) is 11.0. The van der Waals surface area contributed by atoms with E-state index in [1.807, 2.05) is 18.2 Å². The fourth-order valence-electron chi connectivity index (χ4n) is 1.54. The van der Waals surface area contributed by atoms with Gasteiger partial charge in [-0.3, -0.25) is 0 Å². The van der Waals surface area contributed by atoms with Crippen molar-refractivity contribution in [2.75, 3.05) is 0 Å². The van der Waals surface area contributed by atoms with Gasteiger partial charge in [0, 0.05) is 8.96 Å². The number of benzene rings is 2. The van der Waals surface area contributed by atoms with Crippen molar-refractivity contribution in [3.63, 3.8) is 0 Å². The third-order valence-corrected chi connectivity index (χ3v) is 3.09. The van der Waals surface area contributed by atoms with E-state index in [9.17, 15) is 9.90 Å². The Morgan fingerprint density at radius 1 is 1.20 bits per heavy atom. The monoisotopic (exact) mass is 314 g/mol. The topological polar surface area (TPSA) is 57.5 Å². The standard InChI is InChI=1S/C11H7IO3/c12-7-3-1-2-6-4-5-8(13)10(9(6)7)11(14)15/h1-5,13H,(H,14,15). The third-order valence-electron chi connectivity index (χ3n) is 2.19. The largest absolute Gasteiger partial charge is 0.507 e. The van der Waals surface area contributed by atoms with E-state index < -0.39 is 5.97 Å². The van der Waals surface area contributed by atoms with Gasteiger partial charge in [-0.15, -0.1) is 0 Å². The Morgan fingerprint density at radius 3 is 2.60 bits per heavy atom. The van der Waals surface area contributed by atoms with Crippen LogP contribution in [0.3, 0.4) is 0 Å². The van der Waals surface area contributed by atoms with Gasteiger partial charge in [0.1, 0.15) is 11.3 Å². The van der Waals surface area contributed by atoms with Crippen molar-refractivity contribution in [1.29, 1.82) is 0 Å². The van der Waals surface area contributed by atoms with Crippen LogP contribution in [0.4, 0.5) is 0 Å². The molecule has 4 heteroatoms. The van der Waals surface area contributed by atoms with Crippen LogP contribution in [-0.2, 0) is 0 Å². The maximum atomic E-state index is 11.0. The summed E-state index contributed by atoms with van der Waals surface area (Å²) in [6.45, 7) is 0. The Kier molecular flexibility index (Phi) is 2.52. The van der Waals surface area contributed by atoms with E-state index in [0.717, 1.165) is 8.96 Å². The van der Waals surface area contributed by atoms with Crippen LogP contribution in [0.15, 0.2) is 30.3 Å². The smallest absolute Gasteiger partial charge is 0.340 e. The highest BCUT2D eigenvalue weighted by molar-refractivity contribution is 14.1. The van der Waals surface area contributed by atoms with Gasteiger partial charge in [-0.1, -0.05) is 18.2 Å². The number of halogens is 1. The van der Waals surface area contributed by atoms with Crippen molar-refractivity contribution in [2.45, 2.75) is 0 Å². The number of carboxylic acids is 1. The lowest BCUT2D eigenvalue weighted by atomic mass is 10.0. The Hall–Kier alpha value is -1.30. The van der Waals surface area contributed by atoms with Crippen LogP contribution in [0, 0.1) is 3.57 Å². The molecule has 0 aliphatic carbocycles. The second-order valence-electron chi connectivity index (χ2n) is 3.10. The van der Waals surface area contributed by atoms with Gasteiger partial charge in [-0.25, -0.2) is 4.79 Å². The Morgan fingerprint density at radius 2 is 1.93 bits per heavy atom. The molecule has 3 nitrogen and oxygen atoms in total. The molecule has 0 bridgehead atoms. The molecule has 2 rings (SSSR count). The Labute approximate surface area is 99.5 Å². The molecule has 0 heterocycles. The third kappa shape index (κ3) is 1.65. The van der Waals surface area contributed by atoms with Crippen molar-refractivity contribution in [3.8, 4) is 5.75 Å². The number of aromatic carboxylic acids is 1. The first-order valence-corrected chi connectivity index (χ1v) is 5.32. The minimum absolute atomic E-state index is 0.0301. The van der Waals surface area contributed by atoms with Crippen molar-refractivity contribution in [1.82, 2.24) is 0 Å². The van der Waals surface area contributed by atoms with Crippen molar-refractivity contribution in [2.24, 2.45) is 0 Å². The quantitative estimate of drug-likeness (QED) is 0.796. The van der Waals surface area contributed by atoms with Gasteiger partial charge in [-0.2, -0.15) is 0 Å². The summed E-state index contributed by atoms with van der Waals surface area (Å²) in [5, 5.41) is 19.9. The summed E-state index contributed by atoms with van der Waals surface area (Å²) < 4.78 is 0.818.